The van der Waals surface area contributed by atoms with Gasteiger partial charge in [0.05, 0.1) is 19.9 Å². The van der Waals surface area contributed by atoms with Gasteiger partial charge in [-0.25, -0.2) is 13.8 Å². The lowest BCUT2D eigenvalue weighted by molar-refractivity contribution is -0.121. The van der Waals surface area contributed by atoms with Crippen LogP contribution in [0.2, 0.25) is 0 Å². The zero-order valence-corrected chi connectivity index (χ0v) is 17.5. The average Bonchev–Trinajstić information content (AvgIpc) is 2.63. The van der Waals surface area contributed by atoms with Crippen molar-refractivity contribution in [3.8, 4) is 5.75 Å². The Labute approximate surface area is 167 Å². The Morgan fingerprint density at radius 1 is 1.26 bits per heavy atom. The number of carbonyl (C=O) groups is 1. The third kappa shape index (κ3) is 5.62. The van der Waals surface area contributed by atoms with Crippen LogP contribution in [-0.4, -0.2) is 45.5 Å². The van der Waals surface area contributed by atoms with Gasteiger partial charge in [-0.1, -0.05) is 34.1 Å². The molecule has 0 bridgehead atoms. The van der Waals surface area contributed by atoms with Crippen molar-refractivity contribution < 1.29 is 17.9 Å². The summed E-state index contributed by atoms with van der Waals surface area (Å²) in [6, 6.07) is 12.2. The second-order valence-corrected chi connectivity index (χ2v) is 8.69. The molecular weight excluding hydrogens is 434 g/mol. The van der Waals surface area contributed by atoms with Gasteiger partial charge in [-0.15, -0.1) is 0 Å². The number of benzene rings is 2. The second-order valence-electron chi connectivity index (χ2n) is 5.76. The Balaban J connectivity index is 2.04. The van der Waals surface area contributed by atoms with E-state index in [1.54, 1.807) is 19.1 Å². The molecule has 2 aromatic rings. The highest BCUT2D eigenvalue weighted by atomic mass is 79.9. The number of hydrazone groups is 1. The quantitative estimate of drug-likeness (QED) is 0.515. The van der Waals surface area contributed by atoms with Gasteiger partial charge in [0.2, 0.25) is 10.0 Å². The molecule has 1 N–H and O–H groups in total. The zero-order chi connectivity index (χ0) is 20.0. The van der Waals surface area contributed by atoms with Crippen LogP contribution in [0.5, 0.6) is 5.75 Å². The largest absolute Gasteiger partial charge is 0.495 e. The van der Waals surface area contributed by atoms with Crippen LogP contribution in [0.1, 0.15) is 11.1 Å². The Bertz CT molecular complexity index is 944. The number of halogens is 1. The predicted octanol–water partition coefficient (Wildman–Crippen LogP) is 2.54. The van der Waals surface area contributed by atoms with Gasteiger partial charge < -0.3 is 4.74 Å². The molecule has 0 fully saturated rings. The maximum absolute atomic E-state index is 12.7. The number of aryl methyl sites for hydroxylation is 1. The molecule has 0 heterocycles. The molecular formula is C18H20BrN3O4S. The Kier molecular flexibility index (Phi) is 7.11. The third-order valence-electron chi connectivity index (χ3n) is 3.65. The van der Waals surface area contributed by atoms with Crippen LogP contribution in [0, 0.1) is 6.92 Å². The molecule has 0 radical (unpaired) electrons. The smallest absolute Gasteiger partial charge is 0.255 e. The van der Waals surface area contributed by atoms with Crippen LogP contribution in [0.25, 0.3) is 0 Å². The Morgan fingerprint density at radius 2 is 1.93 bits per heavy atom. The second kappa shape index (κ2) is 9.12. The van der Waals surface area contributed by atoms with E-state index >= 15 is 0 Å². The van der Waals surface area contributed by atoms with Gasteiger partial charge in [-0.2, -0.15) is 9.41 Å². The molecule has 27 heavy (non-hydrogen) atoms. The highest BCUT2D eigenvalue weighted by molar-refractivity contribution is 9.10. The van der Waals surface area contributed by atoms with Crippen LogP contribution in [0.4, 0.5) is 0 Å². The van der Waals surface area contributed by atoms with E-state index in [1.807, 2.05) is 24.3 Å². The lowest BCUT2D eigenvalue weighted by atomic mass is 10.2. The fourth-order valence-corrected chi connectivity index (χ4v) is 3.83. The third-order valence-corrected chi connectivity index (χ3v) is 6.00. The number of hydrogen-bond donors (Lipinski definition) is 1. The number of likely N-dealkylation sites (N-methyl/N-ethyl adjacent to an activating group) is 1. The Morgan fingerprint density at radius 3 is 2.56 bits per heavy atom. The number of sulfonamides is 1. The first-order valence-electron chi connectivity index (χ1n) is 7.92. The van der Waals surface area contributed by atoms with Crippen LogP contribution in [0.3, 0.4) is 0 Å². The lowest BCUT2D eigenvalue weighted by Gasteiger charge is -2.18. The van der Waals surface area contributed by atoms with Crippen molar-refractivity contribution in [3.63, 3.8) is 0 Å². The predicted molar refractivity (Wildman–Crippen MR) is 107 cm³/mol. The SMILES string of the molecule is COc1ccc(C)cc1S(=O)(=O)N(C)CC(=O)N/N=C\c1ccc(Br)cc1. The minimum Gasteiger partial charge on any atom is -0.495 e. The molecule has 9 heteroatoms. The van der Waals surface area contributed by atoms with Crippen LogP contribution >= 0.6 is 15.9 Å². The van der Waals surface area contributed by atoms with Gasteiger partial charge in [0.15, 0.2) is 0 Å². The molecule has 0 aromatic heterocycles. The summed E-state index contributed by atoms with van der Waals surface area (Å²) in [6.45, 7) is 1.40. The summed E-state index contributed by atoms with van der Waals surface area (Å²) in [5.74, 6) is -0.331. The summed E-state index contributed by atoms with van der Waals surface area (Å²) >= 11 is 3.33. The van der Waals surface area contributed by atoms with Crippen molar-refractivity contribution >= 4 is 38.1 Å². The Hall–Kier alpha value is -2.23. The number of rotatable bonds is 7. The van der Waals surface area contributed by atoms with Crippen molar-refractivity contribution in [3.05, 3.63) is 58.1 Å². The highest BCUT2D eigenvalue weighted by Gasteiger charge is 2.26. The summed E-state index contributed by atoms with van der Waals surface area (Å²) in [7, 11) is -1.17. The molecule has 1 amide bonds. The molecule has 0 aliphatic heterocycles. The van der Waals surface area contributed by atoms with E-state index in [-0.39, 0.29) is 17.2 Å². The molecule has 0 aliphatic rings. The van der Waals surface area contributed by atoms with E-state index in [2.05, 4.69) is 26.5 Å². The first-order valence-corrected chi connectivity index (χ1v) is 10.2. The first kappa shape index (κ1) is 21.1. The number of methoxy groups -OCH3 is 1. The summed E-state index contributed by atoms with van der Waals surface area (Å²) in [4.78, 5) is 12.0. The number of ether oxygens (including phenoxy) is 1. The van der Waals surface area contributed by atoms with Crippen molar-refractivity contribution in [2.24, 2.45) is 5.10 Å². The molecule has 0 aliphatic carbocycles. The van der Waals surface area contributed by atoms with E-state index in [0.717, 1.165) is 19.9 Å². The van der Waals surface area contributed by atoms with Gasteiger partial charge in [0.1, 0.15) is 10.6 Å². The van der Waals surface area contributed by atoms with E-state index in [9.17, 15) is 13.2 Å². The molecule has 0 spiro atoms. The standard InChI is InChI=1S/C18H20BrN3O4S/c1-13-4-9-16(26-3)17(10-13)27(24,25)22(2)12-18(23)21-20-11-14-5-7-15(19)8-6-14/h4-11H,12H2,1-3H3,(H,21,23)/b20-11-. The van der Waals surface area contributed by atoms with Gasteiger partial charge in [0, 0.05) is 11.5 Å². The van der Waals surface area contributed by atoms with E-state index in [4.69, 9.17) is 4.74 Å². The fraction of sp³-hybridized carbons (Fsp3) is 0.222. The molecule has 0 atom stereocenters. The maximum atomic E-state index is 12.7. The zero-order valence-electron chi connectivity index (χ0n) is 15.1. The summed E-state index contributed by atoms with van der Waals surface area (Å²) in [6.07, 6.45) is 1.47. The summed E-state index contributed by atoms with van der Waals surface area (Å²) in [5, 5.41) is 3.84. The molecule has 7 nitrogen and oxygen atoms in total. The number of nitrogens with zero attached hydrogens (tertiary/aromatic N) is 2. The maximum Gasteiger partial charge on any atom is 0.255 e. The van der Waals surface area contributed by atoms with Crippen molar-refractivity contribution in [1.82, 2.24) is 9.73 Å². The highest BCUT2D eigenvalue weighted by Crippen LogP contribution is 2.27. The van der Waals surface area contributed by atoms with E-state index in [0.29, 0.717) is 0 Å². The molecule has 0 saturated heterocycles. The number of amides is 1. The normalized spacial score (nSPS) is 11.7. The summed E-state index contributed by atoms with van der Waals surface area (Å²) < 4.78 is 32.5. The topological polar surface area (TPSA) is 88.1 Å². The van der Waals surface area contributed by atoms with Crippen LogP contribution < -0.4 is 10.2 Å². The minimum atomic E-state index is -3.89. The molecule has 2 aromatic carbocycles. The minimum absolute atomic E-state index is 0.0127. The van der Waals surface area contributed by atoms with Crippen LogP contribution in [-0.2, 0) is 14.8 Å². The van der Waals surface area contributed by atoms with Crippen molar-refractivity contribution in [2.75, 3.05) is 20.7 Å². The van der Waals surface area contributed by atoms with Crippen molar-refractivity contribution in [1.29, 1.82) is 0 Å². The molecule has 144 valence electrons. The van der Waals surface area contributed by atoms with Gasteiger partial charge >= 0.3 is 0 Å². The van der Waals surface area contributed by atoms with E-state index < -0.39 is 15.9 Å². The molecule has 2 rings (SSSR count). The van der Waals surface area contributed by atoms with Crippen LogP contribution in [0.15, 0.2) is 56.9 Å². The number of nitrogens with one attached hydrogen (secondary N) is 1. The molecule has 0 saturated carbocycles. The van der Waals surface area contributed by atoms with Crippen molar-refractivity contribution in [2.45, 2.75) is 11.8 Å². The fourth-order valence-electron chi connectivity index (χ4n) is 2.20. The van der Waals surface area contributed by atoms with Gasteiger partial charge in [-0.05, 0) is 42.3 Å². The molecule has 0 unspecified atom stereocenters. The first-order chi connectivity index (χ1) is 12.7. The average molecular weight is 454 g/mol. The lowest BCUT2D eigenvalue weighted by Crippen LogP contribution is -2.36. The summed E-state index contributed by atoms with van der Waals surface area (Å²) in [5.41, 5.74) is 3.89. The van der Waals surface area contributed by atoms with Gasteiger partial charge in [0.25, 0.3) is 5.91 Å². The number of carbonyl (C=O) groups excluding carboxylic acids is 1. The monoisotopic (exact) mass is 453 g/mol. The number of hydrogen-bond acceptors (Lipinski definition) is 5. The van der Waals surface area contributed by atoms with Gasteiger partial charge in [-0.3, -0.25) is 4.79 Å². The van der Waals surface area contributed by atoms with E-state index in [1.165, 1.54) is 26.4 Å².